The molecule has 2 amide bonds. The molecule has 0 saturated carbocycles. The number of para-hydroxylation sites is 3. The van der Waals surface area contributed by atoms with Gasteiger partial charge in [0.1, 0.15) is 12.4 Å². The lowest BCUT2D eigenvalue weighted by molar-refractivity contribution is -0.119. The van der Waals surface area contributed by atoms with Crippen molar-refractivity contribution in [2.24, 2.45) is 0 Å². The maximum absolute atomic E-state index is 12.4. The first-order valence-electron chi connectivity index (χ1n) is 9.46. The van der Waals surface area contributed by atoms with Crippen molar-refractivity contribution in [3.8, 4) is 5.75 Å². The Kier molecular flexibility index (Phi) is 7.69. The van der Waals surface area contributed by atoms with Crippen LogP contribution in [0.25, 0.3) is 0 Å². The van der Waals surface area contributed by atoms with E-state index in [1.807, 2.05) is 42.5 Å². The van der Waals surface area contributed by atoms with Gasteiger partial charge in [0.05, 0.1) is 24.5 Å². The second-order valence-electron chi connectivity index (χ2n) is 6.37. The lowest BCUT2D eigenvalue weighted by Gasteiger charge is -2.13. The third-order valence-electron chi connectivity index (χ3n) is 4.16. The molecule has 0 aliphatic heterocycles. The first-order chi connectivity index (χ1) is 14.6. The number of carbonyl (C=O) groups is 2. The molecule has 0 aliphatic rings. The predicted octanol–water partition coefficient (Wildman–Crippen LogP) is 4.20. The summed E-state index contributed by atoms with van der Waals surface area (Å²) in [5, 5.41) is 9.25. The van der Waals surface area contributed by atoms with E-state index in [4.69, 9.17) is 16.3 Å². The van der Waals surface area contributed by atoms with E-state index in [0.717, 1.165) is 5.75 Å². The third kappa shape index (κ3) is 6.53. The van der Waals surface area contributed by atoms with Gasteiger partial charge in [-0.25, -0.2) is 0 Å². The Morgan fingerprint density at radius 3 is 2.23 bits per heavy atom. The molecule has 30 heavy (non-hydrogen) atoms. The summed E-state index contributed by atoms with van der Waals surface area (Å²) in [7, 11) is 0. The molecule has 0 atom stereocenters. The quantitative estimate of drug-likeness (QED) is 0.451. The second-order valence-corrected chi connectivity index (χ2v) is 6.81. The fourth-order valence-corrected chi connectivity index (χ4v) is 2.78. The largest absolute Gasteiger partial charge is 0.492 e. The first-order valence-corrected chi connectivity index (χ1v) is 9.84. The number of amides is 2. The van der Waals surface area contributed by atoms with Gasteiger partial charge >= 0.3 is 0 Å². The summed E-state index contributed by atoms with van der Waals surface area (Å²) < 4.78 is 5.54. The van der Waals surface area contributed by atoms with Crippen molar-refractivity contribution in [1.82, 2.24) is 5.32 Å². The molecule has 0 heterocycles. The number of carbonyl (C=O) groups excluding carboxylic acids is 2. The van der Waals surface area contributed by atoms with Gasteiger partial charge in [0, 0.05) is 10.6 Å². The molecule has 0 aliphatic carbocycles. The fourth-order valence-electron chi connectivity index (χ4n) is 2.66. The van der Waals surface area contributed by atoms with Crippen molar-refractivity contribution in [3.63, 3.8) is 0 Å². The SMILES string of the molecule is O=C(CNc1ccccc1NC(=O)c1ccc(Cl)cc1)NCCOc1ccccc1. The number of ether oxygens (including phenoxy) is 1. The van der Waals surface area contributed by atoms with E-state index < -0.39 is 0 Å². The molecule has 0 saturated heterocycles. The summed E-state index contributed by atoms with van der Waals surface area (Å²) in [5.74, 6) is 0.323. The Hall–Kier alpha value is -3.51. The third-order valence-corrected chi connectivity index (χ3v) is 4.41. The standard InChI is InChI=1S/C23H22ClN3O3/c24-18-12-10-17(11-13-18)23(29)27-21-9-5-4-8-20(21)26-16-22(28)25-14-15-30-19-6-2-1-3-7-19/h1-13,26H,14-16H2,(H,25,28)(H,27,29). The Morgan fingerprint density at radius 1 is 0.833 bits per heavy atom. The van der Waals surface area contributed by atoms with E-state index in [0.29, 0.717) is 35.1 Å². The number of halogens is 1. The summed E-state index contributed by atoms with van der Waals surface area (Å²) in [6.07, 6.45) is 0. The highest BCUT2D eigenvalue weighted by Gasteiger charge is 2.10. The van der Waals surface area contributed by atoms with Crippen LogP contribution in [0.3, 0.4) is 0 Å². The van der Waals surface area contributed by atoms with Crippen LogP contribution in [0.2, 0.25) is 5.02 Å². The maximum Gasteiger partial charge on any atom is 0.255 e. The maximum atomic E-state index is 12.4. The molecular formula is C23H22ClN3O3. The van der Waals surface area contributed by atoms with Crippen molar-refractivity contribution in [3.05, 3.63) is 89.4 Å². The van der Waals surface area contributed by atoms with Gasteiger partial charge < -0.3 is 20.7 Å². The van der Waals surface area contributed by atoms with Crippen molar-refractivity contribution >= 4 is 34.8 Å². The first kappa shape index (κ1) is 21.2. The molecule has 3 rings (SSSR count). The average molecular weight is 424 g/mol. The monoisotopic (exact) mass is 423 g/mol. The summed E-state index contributed by atoms with van der Waals surface area (Å²) in [4.78, 5) is 24.5. The molecule has 0 radical (unpaired) electrons. The van der Waals surface area contributed by atoms with Crippen LogP contribution >= 0.6 is 11.6 Å². The zero-order chi connectivity index (χ0) is 21.2. The van der Waals surface area contributed by atoms with Crippen LogP contribution in [0.1, 0.15) is 10.4 Å². The van der Waals surface area contributed by atoms with Gasteiger partial charge in [-0.1, -0.05) is 41.9 Å². The van der Waals surface area contributed by atoms with E-state index in [2.05, 4.69) is 16.0 Å². The summed E-state index contributed by atoms with van der Waals surface area (Å²) in [5.41, 5.74) is 1.72. The molecule has 3 N–H and O–H groups in total. The molecule has 0 aromatic heterocycles. The molecule has 3 aromatic rings. The molecule has 0 spiro atoms. The van der Waals surface area contributed by atoms with Crippen molar-refractivity contribution < 1.29 is 14.3 Å². The predicted molar refractivity (Wildman–Crippen MR) is 119 cm³/mol. The molecule has 154 valence electrons. The molecule has 3 aromatic carbocycles. The van der Waals surface area contributed by atoms with Crippen molar-refractivity contribution in [1.29, 1.82) is 0 Å². The highest BCUT2D eigenvalue weighted by atomic mass is 35.5. The van der Waals surface area contributed by atoms with E-state index in [1.165, 1.54) is 0 Å². The van der Waals surface area contributed by atoms with Crippen molar-refractivity contribution in [2.45, 2.75) is 0 Å². The van der Waals surface area contributed by atoms with Crippen LogP contribution < -0.4 is 20.7 Å². The molecule has 7 heteroatoms. The number of nitrogens with one attached hydrogen (secondary N) is 3. The van der Waals surface area contributed by atoms with Gasteiger partial charge in [-0.15, -0.1) is 0 Å². The van der Waals surface area contributed by atoms with Gasteiger partial charge in [0.25, 0.3) is 5.91 Å². The Morgan fingerprint density at radius 2 is 1.50 bits per heavy atom. The van der Waals surface area contributed by atoms with Crippen LogP contribution in [0, 0.1) is 0 Å². The Bertz CT molecular complexity index is 978. The Labute approximate surface area is 180 Å². The lowest BCUT2D eigenvalue weighted by atomic mass is 10.2. The zero-order valence-corrected chi connectivity index (χ0v) is 17.0. The van der Waals surface area contributed by atoms with Crippen LogP contribution in [-0.2, 0) is 4.79 Å². The van der Waals surface area contributed by atoms with E-state index >= 15 is 0 Å². The van der Waals surface area contributed by atoms with Gasteiger partial charge in [-0.05, 0) is 48.5 Å². The normalized spacial score (nSPS) is 10.2. The fraction of sp³-hybridized carbons (Fsp3) is 0.130. The minimum atomic E-state index is -0.261. The van der Waals surface area contributed by atoms with Crippen LogP contribution in [0.5, 0.6) is 5.75 Å². The number of anilines is 2. The highest BCUT2D eigenvalue weighted by Crippen LogP contribution is 2.22. The van der Waals surface area contributed by atoms with Crippen molar-refractivity contribution in [2.75, 3.05) is 30.3 Å². The summed E-state index contributed by atoms with van der Waals surface area (Å²) in [6.45, 7) is 0.840. The molecular weight excluding hydrogens is 402 g/mol. The van der Waals surface area contributed by atoms with E-state index in [9.17, 15) is 9.59 Å². The summed E-state index contributed by atoms with van der Waals surface area (Å²) in [6, 6.07) is 23.2. The second kappa shape index (κ2) is 10.9. The highest BCUT2D eigenvalue weighted by molar-refractivity contribution is 6.30. The van der Waals surface area contributed by atoms with Gasteiger partial charge in [-0.2, -0.15) is 0 Å². The minimum Gasteiger partial charge on any atom is -0.492 e. The molecule has 0 unspecified atom stereocenters. The average Bonchev–Trinajstić information content (AvgIpc) is 2.77. The summed E-state index contributed by atoms with van der Waals surface area (Å²) >= 11 is 5.86. The number of benzene rings is 3. The topological polar surface area (TPSA) is 79.5 Å². The van der Waals surface area contributed by atoms with Crippen LogP contribution in [0.15, 0.2) is 78.9 Å². The molecule has 0 bridgehead atoms. The molecule has 6 nitrogen and oxygen atoms in total. The van der Waals surface area contributed by atoms with E-state index in [1.54, 1.807) is 36.4 Å². The zero-order valence-electron chi connectivity index (χ0n) is 16.2. The minimum absolute atomic E-state index is 0.0686. The van der Waals surface area contributed by atoms with Gasteiger partial charge in [0.15, 0.2) is 0 Å². The van der Waals surface area contributed by atoms with Crippen LogP contribution in [0.4, 0.5) is 11.4 Å². The van der Waals surface area contributed by atoms with E-state index in [-0.39, 0.29) is 18.4 Å². The smallest absolute Gasteiger partial charge is 0.255 e. The molecule has 0 fully saturated rings. The van der Waals surface area contributed by atoms with Gasteiger partial charge in [-0.3, -0.25) is 9.59 Å². The number of rotatable bonds is 9. The Balaban J connectivity index is 1.46. The van der Waals surface area contributed by atoms with Gasteiger partial charge in [0.2, 0.25) is 5.91 Å². The number of hydrogen-bond acceptors (Lipinski definition) is 4. The van der Waals surface area contributed by atoms with Crippen LogP contribution in [-0.4, -0.2) is 31.5 Å². The lowest BCUT2D eigenvalue weighted by Crippen LogP contribution is -2.33. The number of hydrogen-bond donors (Lipinski definition) is 3.